The van der Waals surface area contributed by atoms with Crippen LogP contribution in [-0.2, 0) is 4.74 Å². The van der Waals surface area contributed by atoms with E-state index in [4.69, 9.17) is 4.74 Å². The second-order valence-electron chi connectivity index (χ2n) is 7.78. The minimum atomic E-state index is -2.52. The predicted octanol–water partition coefficient (Wildman–Crippen LogP) is 4.94. The van der Waals surface area contributed by atoms with E-state index in [-0.39, 0.29) is 17.8 Å². The summed E-state index contributed by atoms with van der Waals surface area (Å²) in [6.07, 6.45) is 2.98. The van der Waals surface area contributed by atoms with Crippen molar-refractivity contribution >= 4 is 17.9 Å². The number of amides is 1. The molecule has 0 bridgehead atoms. The predicted molar refractivity (Wildman–Crippen MR) is 90.2 cm³/mol. The maximum Gasteiger partial charge on any atom is 0.410 e. The van der Waals surface area contributed by atoms with Crippen LogP contribution in [0.3, 0.4) is 0 Å². The number of piperidine rings is 1. The fourth-order valence-electron chi connectivity index (χ4n) is 3.22. The van der Waals surface area contributed by atoms with Crippen molar-refractivity contribution < 1.29 is 18.3 Å². The van der Waals surface area contributed by atoms with Gasteiger partial charge in [0.25, 0.3) is 5.92 Å². The highest BCUT2D eigenvalue weighted by Crippen LogP contribution is 2.45. The zero-order chi connectivity index (χ0) is 17.3. The first-order chi connectivity index (χ1) is 10.6. The largest absolute Gasteiger partial charge is 0.444 e. The standard InChI is InChI=1S/C17H29F2NO2S/c1-12-14(6-5-9-17(12,18)19)23-13-7-10-20(11-8-13)15(21)22-16(2,3)4/h12-14H,5-11H2,1-4H3/t12-,14+/m1/s1. The summed E-state index contributed by atoms with van der Waals surface area (Å²) in [7, 11) is 0. The second-order valence-corrected chi connectivity index (χ2v) is 9.33. The third kappa shape index (κ3) is 5.23. The Bertz CT molecular complexity index is 417. The van der Waals surface area contributed by atoms with Crippen LogP contribution in [0.4, 0.5) is 13.6 Å². The van der Waals surface area contributed by atoms with Crippen molar-refractivity contribution in [2.24, 2.45) is 5.92 Å². The van der Waals surface area contributed by atoms with E-state index in [0.29, 0.717) is 24.8 Å². The van der Waals surface area contributed by atoms with Crippen LogP contribution in [0.15, 0.2) is 0 Å². The average molecular weight is 349 g/mol. The monoisotopic (exact) mass is 349 g/mol. The lowest BCUT2D eigenvalue weighted by Crippen LogP contribution is -2.43. The van der Waals surface area contributed by atoms with Gasteiger partial charge >= 0.3 is 6.09 Å². The van der Waals surface area contributed by atoms with Crippen LogP contribution >= 0.6 is 11.8 Å². The normalized spacial score (nSPS) is 29.4. The molecule has 0 aromatic heterocycles. The number of ether oxygens (including phenoxy) is 1. The zero-order valence-electron chi connectivity index (χ0n) is 14.6. The van der Waals surface area contributed by atoms with Crippen LogP contribution in [-0.4, -0.2) is 46.1 Å². The van der Waals surface area contributed by atoms with Crippen molar-refractivity contribution in [2.45, 2.75) is 81.8 Å². The van der Waals surface area contributed by atoms with Crippen LogP contribution in [0, 0.1) is 5.92 Å². The number of carbonyl (C=O) groups excluding carboxylic acids is 1. The molecule has 1 aliphatic carbocycles. The Balaban J connectivity index is 1.80. The molecule has 2 atom stereocenters. The molecule has 0 aromatic rings. The van der Waals surface area contributed by atoms with Crippen molar-refractivity contribution in [1.29, 1.82) is 0 Å². The number of alkyl halides is 2. The van der Waals surface area contributed by atoms with Crippen molar-refractivity contribution in [3.05, 3.63) is 0 Å². The molecular weight excluding hydrogens is 320 g/mol. The number of hydrogen-bond donors (Lipinski definition) is 0. The lowest BCUT2D eigenvalue weighted by Gasteiger charge is -2.39. The Morgan fingerprint density at radius 1 is 1.22 bits per heavy atom. The van der Waals surface area contributed by atoms with Gasteiger partial charge < -0.3 is 9.64 Å². The van der Waals surface area contributed by atoms with Gasteiger partial charge in [-0.3, -0.25) is 0 Å². The molecule has 2 fully saturated rings. The van der Waals surface area contributed by atoms with E-state index in [0.717, 1.165) is 19.3 Å². The lowest BCUT2D eigenvalue weighted by atomic mass is 9.86. The Morgan fingerprint density at radius 2 is 1.83 bits per heavy atom. The maximum atomic E-state index is 13.8. The fourth-order valence-corrected chi connectivity index (χ4v) is 4.94. The van der Waals surface area contributed by atoms with Gasteiger partial charge in [0, 0.05) is 35.9 Å². The van der Waals surface area contributed by atoms with E-state index < -0.39 is 17.4 Å². The molecule has 3 nitrogen and oxygen atoms in total. The highest BCUT2D eigenvalue weighted by Gasteiger charge is 2.45. The van der Waals surface area contributed by atoms with Crippen molar-refractivity contribution in [3.8, 4) is 0 Å². The first kappa shape index (κ1) is 18.8. The molecule has 1 aliphatic heterocycles. The molecule has 0 spiro atoms. The number of thioether (sulfide) groups is 1. The van der Waals surface area contributed by atoms with Crippen molar-refractivity contribution in [3.63, 3.8) is 0 Å². The van der Waals surface area contributed by atoms with Gasteiger partial charge in [0.1, 0.15) is 5.60 Å². The summed E-state index contributed by atoms with van der Waals surface area (Å²) in [5.74, 6) is -3.07. The van der Waals surface area contributed by atoms with Crippen LogP contribution in [0.1, 0.15) is 59.8 Å². The summed E-state index contributed by atoms with van der Waals surface area (Å²) < 4.78 is 33.1. The Hall–Kier alpha value is -0.520. The van der Waals surface area contributed by atoms with E-state index in [9.17, 15) is 13.6 Å². The Morgan fingerprint density at radius 3 is 2.39 bits per heavy atom. The van der Waals surface area contributed by atoms with E-state index in [2.05, 4.69) is 0 Å². The summed E-state index contributed by atoms with van der Waals surface area (Å²) >= 11 is 1.72. The van der Waals surface area contributed by atoms with Crippen molar-refractivity contribution in [1.82, 2.24) is 4.90 Å². The van der Waals surface area contributed by atoms with Gasteiger partial charge in [-0.15, -0.1) is 0 Å². The summed E-state index contributed by atoms with van der Waals surface area (Å²) in [6.45, 7) is 8.58. The third-order valence-corrected chi connectivity index (χ3v) is 6.53. The van der Waals surface area contributed by atoms with E-state index in [1.807, 2.05) is 20.8 Å². The topological polar surface area (TPSA) is 29.5 Å². The third-order valence-electron chi connectivity index (χ3n) is 4.68. The van der Waals surface area contributed by atoms with Gasteiger partial charge in [-0.05, 0) is 46.5 Å². The van der Waals surface area contributed by atoms with E-state index in [1.54, 1.807) is 23.6 Å². The van der Waals surface area contributed by atoms with Crippen LogP contribution in [0.25, 0.3) is 0 Å². The number of likely N-dealkylation sites (tertiary alicyclic amines) is 1. The Labute approximate surface area is 142 Å². The minimum absolute atomic E-state index is 0.0301. The molecule has 2 rings (SSSR count). The first-order valence-corrected chi connectivity index (χ1v) is 9.54. The summed E-state index contributed by atoms with van der Waals surface area (Å²) in [5.41, 5.74) is -0.480. The number of hydrogen-bond acceptors (Lipinski definition) is 3. The summed E-state index contributed by atoms with van der Waals surface area (Å²) in [4.78, 5) is 13.8. The smallest absolute Gasteiger partial charge is 0.410 e. The molecule has 2 aliphatic rings. The molecule has 6 heteroatoms. The van der Waals surface area contributed by atoms with Gasteiger partial charge in [-0.2, -0.15) is 11.8 Å². The fraction of sp³-hybridized carbons (Fsp3) is 0.941. The second kappa shape index (κ2) is 7.16. The summed E-state index contributed by atoms with van der Waals surface area (Å²) in [5, 5.41) is 0.409. The van der Waals surface area contributed by atoms with Crippen LogP contribution in [0.5, 0.6) is 0 Å². The van der Waals surface area contributed by atoms with Gasteiger partial charge in [0.05, 0.1) is 0 Å². The summed E-state index contributed by atoms with van der Waals surface area (Å²) in [6, 6.07) is 0. The number of nitrogens with zero attached hydrogens (tertiary/aromatic N) is 1. The molecule has 0 aromatic carbocycles. The van der Waals surface area contributed by atoms with Crippen LogP contribution in [0.2, 0.25) is 0 Å². The molecule has 1 heterocycles. The van der Waals surface area contributed by atoms with Crippen molar-refractivity contribution in [2.75, 3.05) is 13.1 Å². The first-order valence-electron chi connectivity index (χ1n) is 8.60. The number of halogens is 2. The van der Waals surface area contributed by atoms with Gasteiger partial charge in [0.15, 0.2) is 0 Å². The molecule has 134 valence electrons. The quantitative estimate of drug-likeness (QED) is 0.707. The highest BCUT2D eigenvalue weighted by molar-refractivity contribution is 8.00. The lowest BCUT2D eigenvalue weighted by molar-refractivity contribution is -0.0755. The molecule has 1 saturated heterocycles. The molecular formula is C17H29F2NO2S. The number of rotatable bonds is 2. The van der Waals surface area contributed by atoms with Gasteiger partial charge in [-0.1, -0.05) is 6.92 Å². The molecule has 0 N–H and O–H groups in total. The maximum absolute atomic E-state index is 13.8. The van der Waals surface area contributed by atoms with E-state index >= 15 is 0 Å². The molecule has 1 amide bonds. The molecule has 23 heavy (non-hydrogen) atoms. The van der Waals surface area contributed by atoms with E-state index in [1.165, 1.54) is 0 Å². The molecule has 0 radical (unpaired) electrons. The van der Waals surface area contributed by atoms with Gasteiger partial charge in [0.2, 0.25) is 0 Å². The minimum Gasteiger partial charge on any atom is -0.444 e. The molecule has 0 unspecified atom stereocenters. The average Bonchev–Trinajstić information content (AvgIpc) is 2.43. The Kier molecular flexibility index (Phi) is 5.85. The SMILES string of the molecule is C[C@@H]1[C@@H](SC2CCN(C(=O)OC(C)(C)C)CC2)CCCC1(F)F. The van der Waals surface area contributed by atoms with Gasteiger partial charge in [-0.25, -0.2) is 13.6 Å². The number of carbonyl (C=O) groups is 1. The van der Waals surface area contributed by atoms with Crippen LogP contribution < -0.4 is 0 Å². The zero-order valence-corrected chi connectivity index (χ0v) is 15.4. The highest BCUT2D eigenvalue weighted by atomic mass is 32.2. The molecule has 1 saturated carbocycles.